The average molecular weight is 386 g/mol. The fourth-order valence-corrected chi connectivity index (χ4v) is 2.56. The SMILES string of the molecule is C=CCOc1ccc(-c2ccc(OCc3ccc(O)c(F)c3F)cc2)c(F)c1. The number of rotatable bonds is 7. The van der Waals surface area contributed by atoms with Crippen molar-refractivity contribution in [1.29, 1.82) is 0 Å². The maximum atomic E-state index is 14.3. The lowest BCUT2D eigenvalue weighted by Crippen LogP contribution is -2.00. The van der Waals surface area contributed by atoms with Crippen molar-refractivity contribution in [2.75, 3.05) is 6.61 Å². The van der Waals surface area contributed by atoms with Crippen LogP contribution in [-0.2, 0) is 6.61 Å². The molecule has 0 fully saturated rings. The van der Waals surface area contributed by atoms with Crippen molar-refractivity contribution in [1.82, 2.24) is 0 Å². The Kier molecular flexibility index (Phi) is 5.89. The molecule has 3 aromatic rings. The number of hydrogen-bond donors (Lipinski definition) is 1. The number of halogens is 3. The Labute approximate surface area is 160 Å². The van der Waals surface area contributed by atoms with Crippen LogP contribution in [0, 0.1) is 17.5 Å². The lowest BCUT2D eigenvalue weighted by molar-refractivity contribution is 0.295. The summed E-state index contributed by atoms with van der Waals surface area (Å²) in [6, 6.07) is 13.4. The molecule has 0 amide bonds. The van der Waals surface area contributed by atoms with Crippen LogP contribution in [0.1, 0.15) is 5.56 Å². The Balaban J connectivity index is 1.70. The van der Waals surface area contributed by atoms with E-state index in [0.29, 0.717) is 22.6 Å². The second-order valence-corrected chi connectivity index (χ2v) is 5.93. The summed E-state index contributed by atoms with van der Waals surface area (Å²) in [4.78, 5) is 0. The monoisotopic (exact) mass is 386 g/mol. The fraction of sp³-hybridized carbons (Fsp3) is 0.0909. The zero-order chi connectivity index (χ0) is 20.1. The van der Waals surface area contributed by atoms with Crippen LogP contribution in [0.2, 0.25) is 0 Å². The Morgan fingerprint density at radius 1 is 0.857 bits per heavy atom. The van der Waals surface area contributed by atoms with Crippen LogP contribution in [0.25, 0.3) is 11.1 Å². The van der Waals surface area contributed by atoms with Gasteiger partial charge in [-0.1, -0.05) is 24.8 Å². The largest absolute Gasteiger partial charge is 0.505 e. The van der Waals surface area contributed by atoms with Gasteiger partial charge in [-0.15, -0.1) is 0 Å². The van der Waals surface area contributed by atoms with Crippen LogP contribution < -0.4 is 9.47 Å². The van der Waals surface area contributed by atoms with Gasteiger partial charge in [0.15, 0.2) is 11.6 Å². The molecule has 0 aliphatic heterocycles. The quantitative estimate of drug-likeness (QED) is 0.536. The second-order valence-electron chi connectivity index (χ2n) is 5.93. The van der Waals surface area contributed by atoms with Gasteiger partial charge in [0.05, 0.1) is 0 Å². The summed E-state index contributed by atoms with van der Waals surface area (Å²) < 4.78 is 52.1. The molecule has 0 spiro atoms. The van der Waals surface area contributed by atoms with Crippen molar-refractivity contribution < 1.29 is 27.8 Å². The van der Waals surface area contributed by atoms with Crippen molar-refractivity contribution in [2.24, 2.45) is 0 Å². The van der Waals surface area contributed by atoms with Gasteiger partial charge in [-0.05, 0) is 42.0 Å². The summed E-state index contributed by atoms with van der Waals surface area (Å²) in [6.45, 7) is 3.61. The molecule has 6 heteroatoms. The zero-order valence-corrected chi connectivity index (χ0v) is 14.8. The number of aromatic hydroxyl groups is 1. The van der Waals surface area contributed by atoms with E-state index in [2.05, 4.69) is 6.58 Å². The van der Waals surface area contributed by atoms with Gasteiger partial charge in [-0.25, -0.2) is 8.78 Å². The van der Waals surface area contributed by atoms with Gasteiger partial charge in [0.1, 0.15) is 30.5 Å². The van der Waals surface area contributed by atoms with Gasteiger partial charge < -0.3 is 14.6 Å². The Morgan fingerprint density at radius 3 is 2.25 bits per heavy atom. The predicted octanol–water partition coefficient (Wildman–Crippen LogP) is 5.62. The van der Waals surface area contributed by atoms with Crippen LogP contribution in [0.3, 0.4) is 0 Å². The van der Waals surface area contributed by atoms with E-state index in [-0.39, 0.29) is 18.8 Å². The summed E-state index contributed by atoms with van der Waals surface area (Å²) in [5.74, 6) is -2.84. The second kappa shape index (κ2) is 8.52. The minimum atomic E-state index is -1.31. The third-order valence-electron chi connectivity index (χ3n) is 4.01. The number of phenols is 1. The molecule has 3 aromatic carbocycles. The molecule has 144 valence electrons. The summed E-state index contributed by atoms with van der Waals surface area (Å²) >= 11 is 0. The van der Waals surface area contributed by atoms with Gasteiger partial charge in [0.25, 0.3) is 0 Å². The molecule has 0 radical (unpaired) electrons. The molecule has 0 heterocycles. The van der Waals surface area contributed by atoms with Crippen LogP contribution >= 0.6 is 0 Å². The highest BCUT2D eigenvalue weighted by Crippen LogP contribution is 2.28. The van der Waals surface area contributed by atoms with Gasteiger partial charge in [-0.3, -0.25) is 0 Å². The van der Waals surface area contributed by atoms with Crippen molar-refractivity contribution in [2.45, 2.75) is 6.61 Å². The molecule has 0 aliphatic rings. The lowest BCUT2D eigenvalue weighted by Gasteiger charge is -2.10. The van der Waals surface area contributed by atoms with Crippen LogP contribution in [-0.4, -0.2) is 11.7 Å². The van der Waals surface area contributed by atoms with Gasteiger partial charge >= 0.3 is 0 Å². The first kappa shape index (κ1) is 19.4. The molecule has 0 aromatic heterocycles. The molecule has 0 unspecified atom stereocenters. The van der Waals surface area contributed by atoms with Crippen LogP contribution in [0.5, 0.6) is 17.2 Å². The molecule has 1 N–H and O–H groups in total. The minimum Gasteiger partial charge on any atom is -0.505 e. The summed E-state index contributed by atoms with van der Waals surface area (Å²) in [7, 11) is 0. The first-order valence-corrected chi connectivity index (χ1v) is 8.42. The zero-order valence-electron chi connectivity index (χ0n) is 14.8. The first-order chi connectivity index (χ1) is 13.5. The maximum Gasteiger partial charge on any atom is 0.200 e. The summed E-state index contributed by atoms with van der Waals surface area (Å²) in [5.41, 5.74) is 0.992. The number of phenolic OH excluding ortho intramolecular Hbond substituents is 1. The fourth-order valence-electron chi connectivity index (χ4n) is 2.56. The van der Waals surface area contributed by atoms with E-state index in [0.717, 1.165) is 6.07 Å². The van der Waals surface area contributed by atoms with Gasteiger partial charge in [0.2, 0.25) is 5.82 Å². The Hall–Kier alpha value is -3.41. The molecular weight excluding hydrogens is 369 g/mol. The molecule has 0 atom stereocenters. The van der Waals surface area contributed by atoms with E-state index >= 15 is 0 Å². The molecule has 0 bridgehead atoms. The molecule has 28 heavy (non-hydrogen) atoms. The van der Waals surface area contributed by atoms with E-state index in [1.165, 1.54) is 12.1 Å². The molecule has 0 aliphatic carbocycles. The van der Waals surface area contributed by atoms with Crippen molar-refractivity contribution in [3.05, 3.63) is 90.3 Å². The van der Waals surface area contributed by atoms with Crippen molar-refractivity contribution in [3.8, 4) is 28.4 Å². The van der Waals surface area contributed by atoms with Crippen molar-refractivity contribution in [3.63, 3.8) is 0 Å². The highest BCUT2D eigenvalue weighted by atomic mass is 19.2. The highest BCUT2D eigenvalue weighted by molar-refractivity contribution is 5.65. The van der Waals surface area contributed by atoms with E-state index in [1.54, 1.807) is 42.5 Å². The van der Waals surface area contributed by atoms with Crippen LogP contribution in [0.15, 0.2) is 67.3 Å². The molecule has 3 nitrogen and oxygen atoms in total. The average Bonchev–Trinajstić information content (AvgIpc) is 2.70. The predicted molar refractivity (Wildman–Crippen MR) is 99.9 cm³/mol. The highest BCUT2D eigenvalue weighted by Gasteiger charge is 2.13. The van der Waals surface area contributed by atoms with Gasteiger partial charge in [0, 0.05) is 17.2 Å². The van der Waals surface area contributed by atoms with E-state index in [9.17, 15) is 13.2 Å². The van der Waals surface area contributed by atoms with Crippen molar-refractivity contribution >= 4 is 0 Å². The minimum absolute atomic E-state index is 0.0273. The lowest BCUT2D eigenvalue weighted by atomic mass is 10.0. The number of hydrogen-bond acceptors (Lipinski definition) is 3. The number of ether oxygens (including phenoxy) is 2. The normalized spacial score (nSPS) is 10.5. The third-order valence-corrected chi connectivity index (χ3v) is 4.01. The Morgan fingerprint density at radius 2 is 1.57 bits per heavy atom. The first-order valence-electron chi connectivity index (χ1n) is 8.42. The van der Waals surface area contributed by atoms with E-state index < -0.39 is 23.2 Å². The maximum absolute atomic E-state index is 14.3. The Bertz CT molecular complexity index is 985. The molecule has 0 saturated carbocycles. The van der Waals surface area contributed by atoms with E-state index in [1.807, 2.05) is 0 Å². The topological polar surface area (TPSA) is 38.7 Å². The molecule has 3 rings (SSSR count). The summed E-state index contributed by atoms with van der Waals surface area (Å²) in [5, 5.41) is 9.13. The van der Waals surface area contributed by atoms with Crippen LogP contribution in [0.4, 0.5) is 13.2 Å². The smallest absolute Gasteiger partial charge is 0.200 e. The summed E-state index contributed by atoms with van der Waals surface area (Å²) in [6.07, 6.45) is 1.57. The van der Waals surface area contributed by atoms with Gasteiger partial charge in [-0.2, -0.15) is 4.39 Å². The van der Waals surface area contributed by atoms with E-state index in [4.69, 9.17) is 14.6 Å². The standard InChI is InChI=1S/C22H17F3O3/c1-2-11-27-17-8-9-18(19(23)12-17)14-3-6-16(7-4-14)28-13-15-5-10-20(26)22(25)21(15)24/h2-10,12,26H,1,11,13H2. The molecule has 0 saturated heterocycles. The third kappa shape index (κ3) is 4.28. The number of benzene rings is 3. The molecular formula is C22H17F3O3.